The minimum Gasteiger partial charge on any atom is -0.481 e. The topological polar surface area (TPSA) is 87.1 Å². The Morgan fingerprint density at radius 2 is 1.83 bits per heavy atom. The predicted octanol–water partition coefficient (Wildman–Crippen LogP) is 3.75. The van der Waals surface area contributed by atoms with E-state index in [0.29, 0.717) is 11.4 Å². The van der Waals surface area contributed by atoms with Crippen molar-refractivity contribution in [2.24, 2.45) is 17.8 Å². The molecule has 1 aliphatic heterocycles. The molecule has 6 rings (SSSR count). The van der Waals surface area contributed by atoms with E-state index >= 15 is 0 Å². The van der Waals surface area contributed by atoms with Gasteiger partial charge in [0, 0.05) is 24.2 Å². The molecule has 0 aromatic carbocycles. The van der Waals surface area contributed by atoms with Crippen molar-refractivity contribution >= 4 is 17.6 Å². The van der Waals surface area contributed by atoms with Crippen LogP contribution in [0, 0.1) is 35.2 Å². The number of nitrogens with one attached hydrogen (secondary N) is 2. The first-order chi connectivity index (χ1) is 14.4. The maximum Gasteiger partial charge on any atom is 0.308 e. The molecule has 4 aliphatic rings. The summed E-state index contributed by atoms with van der Waals surface area (Å²) in [4.78, 5) is 20.0. The van der Waals surface area contributed by atoms with Gasteiger partial charge in [0.05, 0.1) is 23.7 Å². The number of hydrogen-bond donors (Lipinski definition) is 3. The zero-order valence-corrected chi connectivity index (χ0v) is 16.0. The first-order valence-corrected chi connectivity index (χ1v) is 10.2. The van der Waals surface area contributed by atoms with Crippen molar-refractivity contribution in [3.05, 3.63) is 47.0 Å². The van der Waals surface area contributed by atoms with Crippen molar-refractivity contribution in [2.45, 2.75) is 37.6 Å². The molecular formula is C21H21F3N4O2. The zero-order valence-electron chi connectivity index (χ0n) is 16.0. The van der Waals surface area contributed by atoms with Gasteiger partial charge in [-0.3, -0.25) is 4.79 Å². The smallest absolute Gasteiger partial charge is 0.308 e. The van der Waals surface area contributed by atoms with Crippen molar-refractivity contribution in [2.75, 3.05) is 17.2 Å². The van der Waals surface area contributed by atoms with E-state index in [-0.39, 0.29) is 29.9 Å². The van der Waals surface area contributed by atoms with Gasteiger partial charge in [0.2, 0.25) is 0 Å². The molecular weight excluding hydrogens is 397 g/mol. The molecule has 2 unspecified atom stereocenters. The van der Waals surface area contributed by atoms with Gasteiger partial charge in [0.1, 0.15) is 17.5 Å². The summed E-state index contributed by atoms with van der Waals surface area (Å²) in [5.41, 5.74) is 0.435. The van der Waals surface area contributed by atoms with Gasteiger partial charge in [-0.05, 0) is 43.6 Å². The average molecular weight is 418 g/mol. The molecule has 2 aromatic heterocycles. The molecule has 3 heterocycles. The van der Waals surface area contributed by atoms with Gasteiger partial charge < -0.3 is 15.7 Å². The molecule has 6 nitrogen and oxygen atoms in total. The standard InChI is InChI=1S/C21H21F3N4O2/c22-11-5-12-13(8-26-19(12)25-7-11)18-14(23)6-15(24)20(28-18)27-17-10-3-1-9(2-4-10)16(17)21(29)30/h5-7,9-10,13,16-17H,1-4,8H2,(H,25,26)(H,27,28)(H,29,30)/t9?,10?,13?,16-,17?/m0/s1. The van der Waals surface area contributed by atoms with Crippen LogP contribution in [-0.4, -0.2) is 33.6 Å². The van der Waals surface area contributed by atoms with E-state index in [1.54, 1.807) is 0 Å². The van der Waals surface area contributed by atoms with Crippen molar-refractivity contribution in [3.63, 3.8) is 0 Å². The lowest BCUT2D eigenvalue weighted by Crippen LogP contribution is -2.51. The summed E-state index contributed by atoms with van der Waals surface area (Å²) in [5, 5.41) is 15.7. The second kappa shape index (κ2) is 7.14. The van der Waals surface area contributed by atoms with Gasteiger partial charge in [-0.15, -0.1) is 0 Å². The molecule has 3 saturated carbocycles. The van der Waals surface area contributed by atoms with Crippen LogP contribution in [0.4, 0.5) is 24.8 Å². The second-order valence-electron chi connectivity index (χ2n) is 8.42. The third-order valence-electron chi connectivity index (χ3n) is 6.83. The Balaban J connectivity index is 1.49. The summed E-state index contributed by atoms with van der Waals surface area (Å²) in [6.07, 6.45) is 4.54. The van der Waals surface area contributed by atoms with E-state index in [2.05, 4.69) is 20.6 Å². The molecule has 2 aromatic rings. The summed E-state index contributed by atoms with van der Waals surface area (Å²) < 4.78 is 42.9. The van der Waals surface area contributed by atoms with Crippen LogP contribution in [0.3, 0.4) is 0 Å². The number of rotatable bonds is 4. The van der Waals surface area contributed by atoms with Crippen molar-refractivity contribution in [1.29, 1.82) is 0 Å². The molecule has 0 spiro atoms. The number of aromatic nitrogens is 2. The highest BCUT2D eigenvalue weighted by Gasteiger charge is 2.47. The lowest BCUT2D eigenvalue weighted by Gasteiger charge is -2.47. The Hall–Kier alpha value is -2.84. The molecule has 3 atom stereocenters. The lowest BCUT2D eigenvalue weighted by molar-refractivity contribution is -0.148. The van der Waals surface area contributed by atoms with Crippen LogP contribution in [0.1, 0.15) is 42.9 Å². The number of pyridine rings is 2. The number of fused-ring (bicyclic) bond motifs is 4. The molecule has 0 saturated heterocycles. The quantitative estimate of drug-likeness (QED) is 0.701. The van der Waals surface area contributed by atoms with E-state index < -0.39 is 41.3 Å². The second-order valence-corrected chi connectivity index (χ2v) is 8.42. The normalized spacial score (nSPS) is 29.4. The van der Waals surface area contributed by atoms with Crippen LogP contribution in [0.5, 0.6) is 0 Å². The minimum absolute atomic E-state index is 0.0228. The van der Waals surface area contributed by atoms with Gasteiger partial charge >= 0.3 is 5.97 Å². The number of aliphatic carboxylic acids is 1. The average Bonchev–Trinajstić information content (AvgIpc) is 3.13. The number of anilines is 2. The van der Waals surface area contributed by atoms with Gasteiger partial charge in [-0.1, -0.05) is 0 Å². The Morgan fingerprint density at radius 3 is 2.57 bits per heavy atom. The van der Waals surface area contributed by atoms with Gasteiger partial charge in [0.15, 0.2) is 11.6 Å². The van der Waals surface area contributed by atoms with Gasteiger partial charge in [-0.25, -0.2) is 23.1 Å². The molecule has 3 fully saturated rings. The molecule has 9 heteroatoms. The van der Waals surface area contributed by atoms with E-state index in [4.69, 9.17) is 0 Å². The number of halogens is 3. The highest BCUT2D eigenvalue weighted by atomic mass is 19.1. The molecule has 2 bridgehead atoms. The first kappa shape index (κ1) is 19.1. The summed E-state index contributed by atoms with van der Waals surface area (Å²) in [6.45, 7) is 0.257. The van der Waals surface area contributed by atoms with Crippen LogP contribution < -0.4 is 10.6 Å². The molecule has 3 N–H and O–H groups in total. The Labute approximate surface area is 170 Å². The van der Waals surface area contributed by atoms with Crippen molar-refractivity contribution < 1.29 is 23.1 Å². The number of nitrogens with zero attached hydrogens (tertiary/aromatic N) is 2. The number of hydrogen-bond acceptors (Lipinski definition) is 5. The monoisotopic (exact) mass is 418 g/mol. The molecule has 3 aliphatic carbocycles. The van der Waals surface area contributed by atoms with E-state index in [9.17, 15) is 23.1 Å². The molecule has 0 radical (unpaired) electrons. The highest BCUT2D eigenvalue weighted by Crippen LogP contribution is 2.46. The van der Waals surface area contributed by atoms with E-state index in [1.807, 2.05) is 0 Å². The Morgan fingerprint density at radius 1 is 1.10 bits per heavy atom. The molecule has 158 valence electrons. The molecule has 30 heavy (non-hydrogen) atoms. The third kappa shape index (κ3) is 3.07. The summed E-state index contributed by atoms with van der Waals surface area (Å²) in [5.74, 6) is -3.96. The fraction of sp³-hybridized carbons (Fsp3) is 0.476. The Bertz CT molecular complexity index is 1010. The van der Waals surface area contributed by atoms with Crippen LogP contribution >= 0.6 is 0 Å². The largest absolute Gasteiger partial charge is 0.481 e. The van der Waals surface area contributed by atoms with Crippen LogP contribution in [0.25, 0.3) is 0 Å². The van der Waals surface area contributed by atoms with Crippen molar-refractivity contribution in [3.8, 4) is 0 Å². The van der Waals surface area contributed by atoms with Crippen LogP contribution in [0.2, 0.25) is 0 Å². The van der Waals surface area contributed by atoms with Gasteiger partial charge in [0.25, 0.3) is 0 Å². The SMILES string of the molecule is O=C(O)[C@H]1C2CCC(CC2)C1Nc1nc(C2CNc3ncc(F)cc32)c(F)cc1F. The lowest BCUT2D eigenvalue weighted by atomic mass is 9.61. The zero-order chi connectivity index (χ0) is 21.0. The predicted molar refractivity (Wildman–Crippen MR) is 103 cm³/mol. The fourth-order valence-electron chi connectivity index (χ4n) is 5.42. The van der Waals surface area contributed by atoms with Crippen LogP contribution in [-0.2, 0) is 4.79 Å². The first-order valence-electron chi connectivity index (χ1n) is 10.2. The maximum absolute atomic E-state index is 14.6. The third-order valence-corrected chi connectivity index (χ3v) is 6.83. The van der Waals surface area contributed by atoms with Gasteiger partial charge in [-0.2, -0.15) is 0 Å². The van der Waals surface area contributed by atoms with Crippen molar-refractivity contribution in [1.82, 2.24) is 9.97 Å². The summed E-state index contributed by atoms with van der Waals surface area (Å²) in [7, 11) is 0. The number of carbonyl (C=O) groups is 1. The van der Waals surface area contributed by atoms with E-state index in [0.717, 1.165) is 37.9 Å². The maximum atomic E-state index is 14.6. The minimum atomic E-state index is -0.903. The molecule has 0 amide bonds. The number of carboxylic acids is 1. The van der Waals surface area contributed by atoms with E-state index in [1.165, 1.54) is 6.07 Å². The summed E-state index contributed by atoms with van der Waals surface area (Å²) in [6, 6.07) is 1.57. The summed E-state index contributed by atoms with van der Waals surface area (Å²) >= 11 is 0. The Kier molecular flexibility index (Phi) is 4.56. The fourth-order valence-corrected chi connectivity index (χ4v) is 5.42. The van der Waals surface area contributed by atoms with Crippen LogP contribution in [0.15, 0.2) is 18.3 Å². The number of carboxylic acid groups (broad SMARTS) is 1. The highest BCUT2D eigenvalue weighted by molar-refractivity contribution is 5.72.